The number of nitrogens with zero attached hydrogens (tertiary/aromatic N) is 1. The van der Waals surface area contributed by atoms with Gasteiger partial charge in [0.2, 0.25) is 5.91 Å². The van der Waals surface area contributed by atoms with Gasteiger partial charge < -0.3 is 25.2 Å². The van der Waals surface area contributed by atoms with Crippen molar-refractivity contribution in [2.75, 3.05) is 32.8 Å². The van der Waals surface area contributed by atoms with Crippen molar-refractivity contribution in [2.24, 2.45) is 5.41 Å². The SMILES string of the molecule is C[C@@]1(O)CCOC2(CCN(C(=O)C3(Cc4ccccc4F)CNC3)CC2)[C@H]1O. The van der Waals surface area contributed by atoms with Crippen LogP contribution in [0.25, 0.3) is 0 Å². The summed E-state index contributed by atoms with van der Waals surface area (Å²) in [6, 6.07) is 6.61. The number of benzene rings is 1. The highest BCUT2D eigenvalue weighted by Crippen LogP contribution is 2.41. The molecule has 28 heavy (non-hydrogen) atoms. The molecule has 3 N–H and O–H groups in total. The Morgan fingerprint density at radius 3 is 2.57 bits per heavy atom. The van der Waals surface area contributed by atoms with E-state index in [0.29, 0.717) is 64.0 Å². The summed E-state index contributed by atoms with van der Waals surface area (Å²) in [4.78, 5) is 15.1. The van der Waals surface area contributed by atoms with Gasteiger partial charge in [0, 0.05) is 32.6 Å². The molecule has 6 nitrogen and oxygen atoms in total. The second kappa shape index (κ2) is 7.06. The van der Waals surface area contributed by atoms with Crippen molar-refractivity contribution in [1.29, 1.82) is 0 Å². The van der Waals surface area contributed by atoms with Crippen LogP contribution in [0.15, 0.2) is 24.3 Å². The van der Waals surface area contributed by atoms with E-state index < -0.39 is 22.7 Å². The summed E-state index contributed by atoms with van der Waals surface area (Å²) in [6.07, 6.45) is 0.777. The van der Waals surface area contributed by atoms with E-state index in [0.717, 1.165) is 0 Å². The fourth-order valence-corrected chi connectivity index (χ4v) is 4.87. The normalized spacial score (nSPS) is 31.4. The second-order valence-corrected chi connectivity index (χ2v) is 8.87. The average Bonchev–Trinajstić information content (AvgIpc) is 2.64. The van der Waals surface area contributed by atoms with Crippen LogP contribution in [0.1, 0.15) is 31.7 Å². The number of amides is 1. The summed E-state index contributed by atoms with van der Waals surface area (Å²) in [5, 5.41) is 24.3. The predicted molar refractivity (Wildman–Crippen MR) is 101 cm³/mol. The van der Waals surface area contributed by atoms with Crippen LogP contribution >= 0.6 is 0 Å². The molecule has 4 rings (SSSR count). The summed E-state index contributed by atoms with van der Waals surface area (Å²) >= 11 is 0. The lowest BCUT2D eigenvalue weighted by Gasteiger charge is -2.53. The zero-order chi connectivity index (χ0) is 20.0. The van der Waals surface area contributed by atoms with Crippen molar-refractivity contribution in [3.8, 4) is 0 Å². The molecule has 7 heteroatoms. The van der Waals surface area contributed by atoms with Crippen LogP contribution in [-0.4, -0.2) is 71.1 Å². The summed E-state index contributed by atoms with van der Waals surface area (Å²) < 4.78 is 20.0. The topological polar surface area (TPSA) is 82.0 Å². The van der Waals surface area contributed by atoms with Gasteiger partial charge in [-0.05, 0) is 37.8 Å². The molecule has 1 amide bonds. The molecule has 0 saturated carbocycles. The number of halogens is 1. The Kier molecular flexibility index (Phi) is 4.98. The van der Waals surface area contributed by atoms with E-state index >= 15 is 0 Å². The van der Waals surface area contributed by atoms with Crippen LogP contribution in [0, 0.1) is 11.2 Å². The van der Waals surface area contributed by atoms with Gasteiger partial charge >= 0.3 is 0 Å². The maximum atomic E-state index is 14.1. The Hall–Kier alpha value is -1.54. The third-order valence-corrected chi connectivity index (χ3v) is 6.85. The first kappa shape index (κ1) is 19.8. The Morgan fingerprint density at radius 1 is 1.29 bits per heavy atom. The van der Waals surface area contributed by atoms with Crippen LogP contribution in [0.2, 0.25) is 0 Å². The first-order valence-electron chi connectivity index (χ1n) is 10.1. The maximum absolute atomic E-state index is 14.1. The molecule has 1 aromatic carbocycles. The van der Waals surface area contributed by atoms with E-state index in [-0.39, 0.29) is 11.7 Å². The van der Waals surface area contributed by atoms with Gasteiger partial charge in [0.1, 0.15) is 17.5 Å². The largest absolute Gasteiger partial charge is 0.387 e. The highest BCUT2D eigenvalue weighted by atomic mass is 19.1. The second-order valence-electron chi connectivity index (χ2n) is 8.87. The molecular formula is C21H29FN2O4. The number of carbonyl (C=O) groups is 1. The van der Waals surface area contributed by atoms with Crippen LogP contribution in [0.4, 0.5) is 4.39 Å². The fourth-order valence-electron chi connectivity index (χ4n) is 4.87. The quantitative estimate of drug-likeness (QED) is 0.711. The lowest BCUT2D eigenvalue weighted by molar-refractivity contribution is -0.246. The molecule has 3 heterocycles. The minimum atomic E-state index is -1.17. The third-order valence-electron chi connectivity index (χ3n) is 6.85. The van der Waals surface area contributed by atoms with E-state index in [4.69, 9.17) is 4.74 Å². The van der Waals surface area contributed by atoms with Gasteiger partial charge in [-0.15, -0.1) is 0 Å². The van der Waals surface area contributed by atoms with E-state index in [1.165, 1.54) is 6.07 Å². The number of aliphatic hydroxyl groups excluding tert-OH is 1. The van der Waals surface area contributed by atoms with Crippen LogP contribution < -0.4 is 5.32 Å². The number of carbonyl (C=O) groups excluding carboxylic acids is 1. The number of hydrogen-bond acceptors (Lipinski definition) is 5. The molecule has 3 saturated heterocycles. The third kappa shape index (κ3) is 3.24. The summed E-state index contributed by atoms with van der Waals surface area (Å²) in [5.74, 6) is -0.249. The van der Waals surface area contributed by atoms with E-state index in [2.05, 4.69) is 5.32 Å². The molecule has 2 atom stereocenters. The minimum absolute atomic E-state index is 0.0291. The molecule has 0 aliphatic carbocycles. The molecule has 0 aromatic heterocycles. The molecule has 3 aliphatic rings. The zero-order valence-electron chi connectivity index (χ0n) is 16.3. The van der Waals surface area contributed by atoms with Gasteiger partial charge in [-0.3, -0.25) is 4.79 Å². The Balaban J connectivity index is 1.45. The molecule has 0 unspecified atom stereocenters. The molecule has 0 radical (unpaired) electrons. The molecule has 1 aromatic rings. The lowest BCUT2D eigenvalue weighted by Crippen LogP contribution is -2.67. The Labute approximate surface area is 164 Å². The van der Waals surface area contributed by atoms with Crippen molar-refractivity contribution in [3.05, 3.63) is 35.6 Å². The first-order chi connectivity index (χ1) is 13.3. The van der Waals surface area contributed by atoms with Gasteiger partial charge in [0.25, 0.3) is 0 Å². The molecular weight excluding hydrogens is 363 g/mol. The van der Waals surface area contributed by atoms with Crippen molar-refractivity contribution < 1.29 is 24.1 Å². The maximum Gasteiger partial charge on any atom is 0.231 e. The molecule has 3 aliphatic heterocycles. The smallest absolute Gasteiger partial charge is 0.231 e. The van der Waals surface area contributed by atoms with E-state index in [1.54, 1.807) is 25.1 Å². The first-order valence-corrected chi connectivity index (χ1v) is 10.1. The summed E-state index contributed by atoms with van der Waals surface area (Å²) in [7, 11) is 0. The number of rotatable bonds is 3. The Bertz CT molecular complexity index is 742. The number of likely N-dealkylation sites (tertiary alicyclic amines) is 1. The van der Waals surface area contributed by atoms with Crippen molar-refractivity contribution in [2.45, 2.75) is 49.9 Å². The highest BCUT2D eigenvalue weighted by Gasteiger charge is 2.54. The zero-order valence-corrected chi connectivity index (χ0v) is 16.3. The average molecular weight is 392 g/mol. The van der Waals surface area contributed by atoms with Crippen molar-refractivity contribution in [3.63, 3.8) is 0 Å². The number of aliphatic hydroxyl groups is 2. The van der Waals surface area contributed by atoms with Gasteiger partial charge in [-0.2, -0.15) is 0 Å². The molecule has 3 fully saturated rings. The fraction of sp³-hybridized carbons (Fsp3) is 0.667. The minimum Gasteiger partial charge on any atom is -0.387 e. The van der Waals surface area contributed by atoms with Gasteiger partial charge in [-0.1, -0.05) is 18.2 Å². The predicted octanol–water partition coefficient (Wildman–Crippen LogP) is 0.851. The summed E-state index contributed by atoms with van der Waals surface area (Å²) in [5.41, 5.74) is -2.03. The Morgan fingerprint density at radius 2 is 1.96 bits per heavy atom. The monoisotopic (exact) mass is 392 g/mol. The van der Waals surface area contributed by atoms with Crippen LogP contribution in [0.5, 0.6) is 0 Å². The summed E-state index contributed by atoms with van der Waals surface area (Å²) in [6.45, 7) is 4.04. The molecule has 1 spiro atoms. The lowest BCUT2D eigenvalue weighted by atomic mass is 9.72. The number of piperidine rings is 1. The van der Waals surface area contributed by atoms with E-state index in [9.17, 15) is 19.4 Å². The number of nitrogens with one attached hydrogen (secondary N) is 1. The molecule has 0 bridgehead atoms. The van der Waals surface area contributed by atoms with Gasteiger partial charge in [0.05, 0.1) is 17.6 Å². The van der Waals surface area contributed by atoms with Gasteiger partial charge in [-0.25, -0.2) is 4.39 Å². The number of hydrogen-bond donors (Lipinski definition) is 3. The van der Waals surface area contributed by atoms with Gasteiger partial charge in [0.15, 0.2) is 0 Å². The molecule has 154 valence electrons. The number of ether oxygens (including phenoxy) is 1. The van der Waals surface area contributed by atoms with Crippen molar-refractivity contribution >= 4 is 5.91 Å². The van der Waals surface area contributed by atoms with Crippen LogP contribution in [0.3, 0.4) is 0 Å². The van der Waals surface area contributed by atoms with E-state index in [1.807, 2.05) is 4.90 Å². The standard InChI is InChI=1S/C21H29FN2O4/c1-19(27)8-11-28-21(17(19)25)6-9-24(10-7-21)18(26)20(13-23-14-20)12-15-4-2-3-5-16(15)22/h2-5,17,23,25,27H,6-14H2,1H3/t17-,19+/m0/s1. The van der Waals surface area contributed by atoms with Crippen LogP contribution in [-0.2, 0) is 16.0 Å². The highest BCUT2D eigenvalue weighted by molar-refractivity contribution is 5.85. The van der Waals surface area contributed by atoms with Crippen molar-refractivity contribution in [1.82, 2.24) is 10.2 Å².